The summed E-state index contributed by atoms with van der Waals surface area (Å²) >= 11 is 0. The van der Waals surface area contributed by atoms with Crippen molar-refractivity contribution in [2.75, 3.05) is 0 Å². The van der Waals surface area contributed by atoms with Gasteiger partial charge in [0.25, 0.3) is 0 Å². The lowest BCUT2D eigenvalue weighted by Gasteiger charge is -2.29. The maximum absolute atomic E-state index is 14.0. The molecule has 0 bridgehead atoms. The minimum Gasteiger partial charge on any atom is -0.455 e. The number of rotatable bonds is 6. The molecule has 224 valence electrons. The molecule has 0 N–H and O–H groups in total. The monoisotopic (exact) mass is 584 g/mol. The van der Waals surface area contributed by atoms with E-state index in [1.165, 1.54) is 41.3 Å². The normalized spacial score (nSPS) is 13.4. The van der Waals surface area contributed by atoms with E-state index in [-0.39, 0.29) is 6.42 Å². The fraction of sp³-hybridized carbons (Fsp3) is 0.395. The highest BCUT2D eigenvalue weighted by molar-refractivity contribution is 6.17. The van der Waals surface area contributed by atoms with Gasteiger partial charge in [-0.2, -0.15) is 13.2 Å². The van der Waals surface area contributed by atoms with Crippen LogP contribution in [0.25, 0.3) is 43.6 Å². The maximum Gasteiger partial charge on any atom is 0.394 e. The fourth-order valence-corrected chi connectivity index (χ4v) is 6.95. The lowest BCUT2D eigenvalue weighted by Crippen LogP contribution is -2.34. The largest absolute Gasteiger partial charge is 0.455 e. The third-order valence-electron chi connectivity index (χ3n) is 9.10. The van der Waals surface area contributed by atoms with Crippen molar-refractivity contribution < 1.29 is 22.5 Å². The third-order valence-corrected chi connectivity index (χ3v) is 9.10. The van der Waals surface area contributed by atoms with Gasteiger partial charge in [0.1, 0.15) is 18.5 Å². The van der Waals surface area contributed by atoms with E-state index in [1.807, 2.05) is 36.5 Å². The molecule has 0 atom stereocenters. The summed E-state index contributed by atoms with van der Waals surface area (Å²) in [4.78, 5) is 0. The number of hydrogen-bond acceptors (Lipinski definition) is 1. The van der Waals surface area contributed by atoms with Gasteiger partial charge in [-0.05, 0) is 82.3 Å². The van der Waals surface area contributed by atoms with Gasteiger partial charge in [-0.15, -0.1) is 0 Å². The number of halogens is 3. The summed E-state index contributed by atoms with van der Waals surface area (Å²) < 4.78 is 51.1. The Kier molecular flexibility index (Phi) is 7.02. The van der Waals surface area contributed by atoms with Crippen molar-refractivity contribution in [3.63, 3.8) is 0 Å². The van der Waals surface area contributed by atoms with Crippen LogP contribution < -0.4 is 9.30 Å². The second kappa shape index (κ2) is 10.2. The maximum atomic E-state index is 14.0. The van der Waals surface area contributed by atoms with Crippen molar-refractivity contribution in [3.8, 4) is 22.8 Å². The molecule has 4 aromatic carbocycles. The first-order chi connectivity index (χ1) is 20.2. The van der Waals surface area contributed by atoms with Crippen LogP contribution in [0.1, 0.15) is 63.8 Å². The number of ether oxygens (including phenoxy) is 1. The molecule has 0 radical (unpaired) electrons. The van der Waals surface area contributed by atoms with Crippen molar-refractivity contribution in [2.24, 2.45) is 24.3 Å². The Labute approximate surface area is 252 Å². The van der Waals surface area contributed by atoms with Crippen LogP contribution >= 0.6 is 0 Å². The molecule has 0 fully saturated rings. The summed E-state index contributed by atoms with van der Waals surface area (Å²) in [5.41, 5.74) is 4.68. The Morgan fingerprint density at radius 2 is 1.56 bits per heavy atom. The predicted molar refractivity (Wildman–Crippen MR) is 171 cm³/mol. The molecular formula is C38H41F3NO+. The number of alkyl halides is 3. The molecule has 1 aliphatic rings. The number of pyridine rings is 1. The molecule has 2 heterocycles. The second-order valence-electron chi connectivity index (χ2n) is 14.0. The van der Waals surface area contributed by atoms with Crippen LogP contribution in [0.15, 0.2) is 54.7 Å². The highest BCUT2D eigenvalue weighted by Gasteiger charge is 2.47. The van der Waals surface area contributed by atoms with Crippen molar-refractivity contribution in [1.29, 1.82) is 0 Å². The van der Waals surface area contributed by atoms with Crippen LogP contribution in [-0.4, -0.2) is 6.18 Å². The van der Waals surface area contributed by atoms with E-state index in [1.54, 1.807) is 0 Å². The average Bonchev–Trinajstić information content (AvgIpc) is 2.91. The Bertz CT molecular complexity index is 1910. The van der Waals surface area contributed by atoms with Gasteiger partial charge < -0.3 is 4.74 Å². The van der Waals surface area contributed by atoms with Crippen LogP contribution in [0.3, 0.4) is 0 Å². The lowest BCUT2D eigenvalue weighted by molar-refractivity contribution is -0.659. The molecule has 5 aromatic rings. The molecular weight excluding hydrogens is 543 g/mol. The summed E-state index contributed by atoms with van der Waals surface area (Å²) in [5.74, 6) is 2.64. The van der Waals surface area contributed by atoms with Gasteiger partial charge in [-0.1, -0.05) is 77.9 Å². The quantitative estimate of drug-likeness (QED) is 0.140. The van der Waals surface area contributed by atoms with E-state index in [4.69, 9.17) is 4.74 Å². The SMILES string of the molecule is Cc1c2c(c(CC(C)C)c3ccc(CC(C)C)cc13)Oc1cc3cccc(CC(C)(C)C(F)(F)F)c3c3cc[n+](C)c-2c13. The van der Waals surface area contributed by atoms with E-state index in [9.17, 15) is 13.2 Å². The predicted octanol–water partition coefficient (Wildman–Crippen LogP) is 10.6. The topological polar surface area (TPSA) is 13.1 Å². The molecule has 43 heavy (non-hydrogen) atoms. The molecule has 0 saturated carbocycles. The lowest BCUT2D eigenvalue weighted by atomic mass is 9.81. The number of aromatic nitrogens is 1. The first-order valence-electron chi connectivity index (χ1n) is 15.4. The molecule has 5 heteroatoms. The van der Waals surface area contributed by atoms with Gasteiger partial charge in [0.15, 0.2) is 6.20 Å². The molecule has 0 amide bonds. The van der Waals surface area contributed by atoms with Crippen LogP contribution in [0.5, 0.6) is 11.5 Å². The zero-order chi connectivity index (χ0) is 31.0. The van der Waals surface area contributed by atoms with E-state index in [2.05, 4.69) is 64.4 Å². The van der Waals surface area contributed by atoms with Gasteiger partial charge in [-0.25, -0.2) is 4.57 Å². The van der Waals surface area contributed by atoms with Crippen LogP contribution in [-0.2, 0) is 26.3 Å². The van der Waals surface area contributed by atoms with Gasteiger partial charge in [0.05, 0.1) is 16.4 Å². The Morgan fingerprint density at radius 3 is 2.23 bits per heavy atom. The minimum absolute atomic E-state index is 0.100. The first-order valence-corrected chi connectivity index (χ1v) is 15.4. The standard InChI is InChI=1S/C38H41F3NO/c1-21(2)16-24-12-13-27-29(18-24)23(5)32-35-34-28(14-15-42(35)8)33-25(19-31(34)43-36(32)30(27)17-22(3)4)10-9-11-26(33)20-37(6,7)38(39,40)41/h9-15,18-19,21-22H,16-17,20H2,1-8H3/q+1. The smallest absolute Gasteiger partial charge is 0.394 e. The molecule has 1 aliphatic heterocycles. The summed E-state index contributed by atoms with van der Waals surface area (Å²) in [6, 6.07) is 16.6. The summed E-state index contributed by atoms with van der Waals surface area (Å²) in [5, 5.41) is 6.12. The zero-order valence-corrected chi connectivity index (χ0v) is 26.5. The number of hydrogen-bond donors (Lipinski definition) is 0. The van der Waals surface area contributed by atoms with Gasteiger partial charge in [-0.3, -0.25) is 0 Å². The Balaban J connectivity index is 1.70. The summed E-state index contributed by atoms with van der Waals surface area (Å²) in [6.07, 6.45) is -0.478. The van der Waals surface area contributed by atoms with Crippen molar-refractivity contribution in [1.82, 2.24) is 0 Å². The second-order valence-corrected chi connectivity index (χ2v) is 14.0. The fourth-order valence-electron chi connectivity index (χ4n) is 6.95. The summed E-state index contributed by atoms with van der Waals surface area (Å²) in [7, 11) is 2.05. The molecule has 0 saturated heterocycles. The average molecular weight is 585 g/mol. The number of fused-ring (bicyclic) bond motifs is 5. The van der Waals surface area contributed by atoms with Crippen molar-refractivity contribution in [3.05, 3.63) is 77.0 Å². The highest BCUT2D eigenvalue weighted by atomic mass is 19.4. The van der Waals surface area contributed by atoms with Crippen molar-refractivity contribution >= 4 is 32.3 Å². The Hall–Kier alpha value is -3.60. The van der Waals surface area contributed by atoms with Gasteiger partial charge >= 0.3 is 6.18 Å². The van der Waals surface area contributed by atoms with E-state index in [0.717, 1.165) is 57.1 Å². The van der Waals surface area contributed by atoms with Crippen LogP contribution in [0.4, 0.5) is 13.2 Å². The molecule has 1 aromatic heterocycles. The van der Waals surface area contributed by atoms with Gasteiger partial charge in [0, 0.05) is 17.0 Å². The first kappa shape index (κ1) is 29.5. The molecule has 0 aliphatic carbocycles. The van der Waals surface area contributed by atoms with E-state index in [0.29, 0.717) is 17.4 Å². The van der Waals surface area contributed by atoms with E-state index < -0.39 is 11.6 Å². The van der Waals surface area contributed by atoms with Crippen molar-refractivity contribution in [2.45, 2.75) is 73.9 Å². The molecule has 2 nitrogen and oxygen atoms in total. The number of nitrogens with zero attached hydrogens (tertiary/aromatic N) is 1. The number of aryl methyl sites for hydroxylation is 2. The third kappa shape index (κ3) is 4.85. The minimum atomic E-state index is -4.31. The number of benzene rings is 4. The molecule has 0 unspecified atom stereocenters. The van der Waals surface area contributed by atoms with E-state index >= 15 is 0 Å². The van der Waals surface area contributed by atoms with Crippen LogP contribution in [0, 0.1) is 24.2 Å². The highest BCUT2D eigenvalue weighted by Crippen LogP contribution is 2.53. The van der Waals surface area contributed by atoms with Gasteiger partial charge in [0.2, 0.25) is 5.69 Å². The molecule has 6 rings (SSSR count). The Morgan fingerprint density at radius 1 is 0.837 bits per heavy atom. The zero-order valence-electron chi connectivity index (χ0n) is 26.5. The van der Waals surface area contributed by atoms with Crippen LogP contribution in [0.2, 0.25) is 0 Å². The molecule has 0 spiro atoms. The summed E-state index contributed by atoms with van der Waals surface area (Å²) in [6.45, 7) is 13.7.